The largest absolute Gasteiger partial charge is 0.389 e. The Morgan fingerprint density at radius 2 is 2.17 bits per heavy atom. The first-order valence-electron chi connectivity index (χ1n) is 7.48. The second-order valence-electron chi connectivity index (χ2n) is 6.04. The van der Waals surface area contributed by atoms with E-state index in [2.05, 4.69) is 15.0 Å². The van der Waals surface area contributed by atoms with Crippen molar-refractivity contribution in [1.29, 1.82) is 0 Å². The Balaban J connectivity index is 1.71. The molecule has 2 aromatic rings. The van der Waals surface area contributed by atoms with E-state index in [0.29, 0.717) is 34.6 Å². The Morgan fingerprint density at radius 1 is 1.38 bits per heavy atom. The molecule has 0 spiro atoms. The molecule has 1 aliphatic rings. The number of β-amino-alcohol motifs (C(OH)–C–C–N with tert-alkyl or cyclic N) is 1. The number of anilines is 2. The molecule has 0 radical (unpaired) electrons. The SMILES string of the molecule is C[C@@]1(N)CCN(c2cnc(Sc3ccnc(N)c3Cl)cn2)C[C@H]1O. The summed E-state index contributed by atoms with van der Waals surface area (Å²) in [4.78, 5) is 15.5. The third-order valence-electron chi connectivity index (χ3n) is 4.11. The minimum Gasteiger partial charge on any atom is -0.389 e. The highest BCUT2D eigenvalue weighted by Gasteiger charge is 2.35. The molecule has 0 unspecified atom stereocenters. The van der Waals surface area contributed by atoms with Gasteiger partial charge in [-0.2, -0.15) is 0 Å². The molecule has 1 aliphatic heterocycles. The lowest BCUT2D eigenvalue weighted by Crippen LogP contribution is -2.59. The first-order valence-corrected chi connectivity index (χ1v) is 8.68. The number of nitrogens with two attached hydrogens (primary N) is 2. The van der Waals surface area contributed by atoms with E-state index >= 15 is 0 Å². The number of nitrogen functional groups attached to an aromatic ring is 1. The van der Waals surface area contributed by atoms with Crippen molar-refractivity contribution in [2.75, 3.05) is 23.7 Å². The minimum absolute atomic E-state index is 0.290. The molecule has 0 aromatic carbocycles. The van der Waals surface area contributed by atoms with Gasteiger partial charge in [-0.1, -0.05) is 23.4 Å². The van der Waals surface area contributed by atoms with E-state index < -0.39 is 11.6 Å². The summed E-state index contributed by atoms with van der Waals surface area (Å²) >= 11 is 7.51. The number of halogens is 1. The van der Waals surface area contributed by atoms with Gasteiger partial charge in [0.05, 0.1) is 23.5 Å². The van der Waals surface area contributed by atoms with Crippen LogP contribution in [0, 0.1) is 0 Å². The van der Waals surface area contributed by atoms with Crippen molar-refractivity contribution in [3.8, 4) is 0 Å². The zero-order valence-corrected chi connectivity index (χ0v) is 14.8. The number of aliphatic hydroxyl groups is 1. The van der Waals surface area contributed by atoms with Crippen molar-refractivity contribution < 1.29 is 5.11 Å². The van der Waals surface area contributed by atoms with Crippen molar-refractivity contribution in [3.63, 3.8) is 0 Å². The number of nitrogens with zero attached hydrogens (tertiary/aromatic N) is 4. The van der Waals surface area contributed by atoms with Gasteiger partial charge in [-0.3, -0.25) is 0 Å². The number of hydrogen-bond donors (Lipinski definition) is 3. The van der Waals surface area contributed by atoms with Crippen LogP contribution in [0.4, 0.5) is 11.6 Å². The van der Waals surface area contributed by atoms with Gasteiger partial charge in [0.1, 0.15) is 16.7 Å². The molecule has 3 heterocycles. The molecule has 0 bridgehead atoms. The van der Waals surface area contributed by atoms with E-state index in [9.17, 15) is 5.11 Å². The van der Waals surface area contributed by atoms with Gasteiger partial charge < -0.3 is 21.5 Å². The van der Waals surface area contributed by atoms with Crippen LogP contribution in [0.5, 0.6) is 0 Å². The minimum atomic E-state index is -0.597. The molecule has 7 nitrogen and oxygen atoms in total. The maximum Gasteiger partial charge on any atom is 0.147 e. The number of hydrogen-bond acceptors (Lipinski definition) is 8. The van der Waals surface area contributed by atoms with Gasteiger partial charge in [-0.25, -0.2) is 15.0 Å². The molecule has 0 saturated carbocycles. The highest BCUT2D eigenvalue weighted by atomic mass is 35.5. The van der Waals surface area contributed by atoms with E-state index in [4.69, 9.17) is 23.1 Å². The van der Waals surface area contributed by atoms with Crippen molar-refractivity contribution in [1.82, 2.24) is 15.0 Å². The highest BCUT2D eigenvalue weighted by molar-refractivity contribution is 7.99. The van der Waals surface area contributed by atoms with Crippen LogP contribution in [0.2, 0.25) is 5.02 Å². The van der Waals surface area contributed by atoms with Gasteiger partial charge >= 0.3 is 0 Å². The van der Waals surface area contributed by atoms with Crippen molar-refractivity contribution in [2.45, 2.75) is 34.9 Å². The maximum absolute atomic E-state index is 10.1. The lowest BCUT2D eigenvalue weighted by atomic mass is 9.88. The van der Waals surface area contributed by atoms with E-state index in [1.807, 2.05) is 11.8 Å². The topological polar surface area (TPSA) is 114 Å². The van der Waals surface area contributed by atoms with Crippen LogP contribution in [-0.2, 0) is 0 Å². The average Bonchev–Trinajstić information content (AvgIpc) is 2.55. The first kappa shape index (κ1) is 17.2. The summed E-state index contributed by atoms with van der Waals surface area (Å²) in [6.07, 6.45) is 5.06. The highest BCUT2D eigenvalue weighted by Crippen LogP contribution is 2.34. The normalized spacial score (nSPS) is 24.2. The van der Waals surface area contributed by atoms with E-state index in [1.54, 1.807) is 24.7 Å². The quantitative estimate of drug-likeness (QED) is 0.749. The molecule has 1 saturated heterocycles. The fourth-order valence-corrected chi connectivity index (χ4v) is 3.40. The first-order chi connectivity index (χ1) is 11.4. The summed E-state index contributed by atoms with van der Waals surface area (Å²) < 4.78 is 0. The van der Waals surface area contributed by atoms with Crippen LogP contribution >= 0.6 is 23.4 Å². The lowest BCUT2D eigenvalue weighted by molar-refractivity contribution is 0.0792. The third kappa shape index (κ3) is 3.56. The van der Waals surface area contributed by atoms with Gasteiger partial charge in [0.15, 0.2) is 0 Å². The van der Waals surface area contributed by atoms with Gasteiger partial charge in [-0.05, 0) is 19.4 Å². The predicted molar refractivity (Wildman–Crippen MR) is 95.2 cm³/mol. The van der Waals surface area contributed by atoms with Crippen LogP contribution in [0.15, 0.2) is 34.6 Å². The number of aromatic nitrogens is 3. The van der Waals surface area contributed by atoms with Crippen molar-refractivity contribution in [3.05, 3.63) is 29.7 Å². The molecule has 2 aromatic heterocycles. The molecular formula is C15H19ClN6OS. The zero-order chi connectivity index (χ0) is 17.3. The molecular weight excluding hydrogens is 348 g/mol. The third-order valence-corrected chi connectivity index (χ3v) is 5.60. The predicted octanol–water partition coefficient (Wildman–Crippen LogP) is 1.55. The second kappa shape index (κ2) is 6.72. The number of aliphatic hydroxyl groups excluding tert-OH is 1. The number of pyridine rings is 1. The lowest BCUT2D eigenvalue weighted by Gasteiger charge is -2.41. The van der Waals surface area contributed by atoms with Crippen molar-refractivity contribution in [2.24, 2.45) is 5.73 Å². The molecule has 0 amide bonds. The fourth-order valence-electron chi connectivity index (χ4n) is 2.42. The molecule has 3 rings (SSSR count). The monoisotopic (exact) mass is 366 g/mol. The molecule has 24 heavy (non-hydrogen) atoms. The van der Waals surface area contributed by atoms with Gasteiger partial charge in [0.25, 0.3) is 0 Å². The van der Waals surface area contributed by atoms with Gasteiger partial charge in [0, 0.05) is 29.7 Å². The molecule has 9 heteroatoms. The molecule has 1 fully saturated rings. The summed E-state index contributed by atoms with van der Waals surface area (Å²) in [5.74, 6) is 1.01. The Bertz CT molecular complexity index is 726. The molecule has 5 N–H and O–H groups in total. The van der Waals surface area contributed by atoms with E-state index in [1.165, 1.54) is 11.8 Å². The van der Waals surface area contributed by atoms with Crippen LogP contribution in [0.1, 0.15) is 13.3 Å². The fraction of sp³-hybridized carbons (Fsp3) is 0.400. The Morgan fingerprint density at radius 3 is 2.83 bits per heavy atom. The molecule has 128 valence electrons. The van der Waals surface area contributed by atoms with E-state index in [-0.39, 0.29) is 0 Å². The summed E-state index contributed by atoms with van der Waals surface area (Å²) in [5.41, 5.74) is 11.2. The summed E-state index contributed by atoms with van der Waals surface area (Å²) in [7, 11) is 0. The second-order valence-corrected chi connectivity index (χ2v) is 7.48. The Labute approximate surface area is 149 Å². The number of piperidine rings is 1. The van der Waals surface area contributed by atoms with E-state index in [0.717, 1.165) is 11.4 Å². The van der Waals surface area contributed by atoms with Crippen LogP contribution in [0.3, 0.4) is 0 Å². The van der Waals surface area contributed by atoms with Gasteiger partial charge in [0.2, 0.25) is 0 Å². The Hall–Kier alpha value is -1.61. The number of rotatable bonds is 3. The summed E-state index contributed by atoms with van der Waals surface area (Å²) in [6.45, 7) is 3.05. The smallest absolute Gasteiger partial charge is 0.147 e. The maximum atomic E-state index is 10.1. The molecule has 2 atom stereocenters. The summed E-state index contributed by atoms with van der Waals surface area (Å²) in [6, 6.07) is 1.78. The van der Waals surface area contributed by atoms with Crippen molar-refractivity contribution >= 4 is 35.0 Å². The standard InChI is InChI=1S/C15H19ClN6OS/c1-15(18)3-5-22(8-10(15)23)11-6-21-12(7-20-11)24-9-2-4-19-14(17)13(9)16/h2,4,6-7,10,23H,3,5,8,18H2,1H3,(H2,17,19)/t10-,15-/m1/s1. The van der Waals surface area contributed by atoms with Crippen LogP contribution in [0.25, 0.3) is 0 Å². The Kier molecular flexibility index (Phi) is 4.82. The van der Waals surface area contributed by atoms with Crippen LogP contribution < -0.4 is 16.4 Å². The van der Waals surface area contributed by atoms with Crippen LogP contribution in [-0.4, -0.2) is 44.8 Å². The zero-order valence-electron chi connectivity index (χ0n) is 13.2. The summed E-state index contributed by atoms with van der Waals surface area (Å²) in [5, 5.41) is 11.2. The average molecular weight is 367 g/mol. The van der Waals surface area contributed by atoms with Gasteiger partial charge in [-0.15, -0.1) is 0 Å². The molecule has 0 aliphatic carbocycles.